The summed E-state index contributed by atoms with van der Waals surface area (Å²) in [6.07, 6.45) is 0.682. The maximum absolute atomic E-state index is 12.0. The third kappa shape index (κ3) is 5.20. The molecule has 0 aliphatic heterocycles. The van der Waals surface area contributed by atoms with Gasteiger partial charge in [-0.05, 0) is 24.6 Å². The molecular formula is C20H21N5O2S. The van der Waals surface area contributed by atoms with Crippen LogP contribution in [0.15, 0.2) is 65.8 Å². The second-order valence-corrected chi connectivity index (χ2v) is 6.90. The summed E-state index contributed by atoms with van der Waals surface area (Å²) in [4.78, 5) is 24.0. The first kappa shape index (κ1) is 19.6. The lowest BCUT2D eigenvalue weighted by Crippen LogP contribution is -2.42. The van der Waals surface area contributed by atoms with Crippen molar-refractivity contribution >= 4 is 23.6 Å². The van der Waals surface area contributed by atoms with Gasteiger partial charge in [-0.1, -0.05) is 60.3 Å². The third-order valence-electron chi connectivity index (χ3n) is 4.00. The number of rotatable bonds is 7. The van der Waals surface area contributed by atoms with Crippen molar-refractivity contribution in [2.45, 2.75) is 25.0 Å². The number of carbonyl (C=O) groups is 2. The second kappa shape index (κ2) is 9.70. The van der Waals surface area contributed by atoms with Gasteiger partial charge in [0.1, 0.15) is 5.82 Å². The molecule has 28 heavy (non-hydrogen) atoms. The smallest absolute Gasteiger partial charge is 0.269 e. The number of nitrogens with one attached hydrogen (secondary N) is 2. The summed E-state index contributed by atoms with van der Waals surface area (Å²) in [6, 6.07) is 18.7. The van der Waals surface area contributed by atoms with Crippen LogP contribution in [0.5, 0.6) is 0 Å². The summed E-state index contributed by atoms with van der Waals surface area (Å²) in [5.74, 6) is 0.304. The number of hydrazine groups is 1. The maximum atomic E-state index is 12.0. The molecule has 0 atom stereocenters. The van der Waals surface area contributed by atoms with Gasteiger partial charge in [0.05, 0.1) is 5.75 Å². The van der Waals surface area contributed by atoms with Gasteiger partial charge >= 0.3 is 0 Å². The van der Waals surface area contributed by atoms with Gasteiger partial charge in [0.15, 0.2) is 5.16 Å². The first-order valence-electron chi connectivity index (χ1n) is 8.90. The van der Waals surface area contributed by atoms with E-state index in [4.69, 9.17) is 0 Å². The van der Waals surface area contributed by atoms with Crippen LogP contribution in [0.3, 0.4) is 0 Å². The Balaban J connectivity index is 1.52. The molecule has 0 saturated heterocycles. The molecule has 2 aromatic carbocycles. The second-order valence-electron chi connectivity index (χ2n) is 5.96. The molecule has 8 heteroatoms. The van der Waals surface area contributed by atoms with E-state index in [1.54, 1.807) is 24.3 Å². The van der Waals surface area contributed by atoms with Gasteiger partial charge in [0.25, 0.3) is 5.91 Å². The molecule has 0 saturated carbocycles. The number of carbonyl (C=O) groups excluding carboxylic acids is 2. The van der Waals surface area contributed by atoms with Crippen LogP contribution in [0.2, 0.25) is 0 Å². The van der Waals surface area contributed by atoms with Crippen molar-refractivity contribution in [2.75, 3.05) is 5.75 Å². The Kier molecular flexibility index (Phi) is 6.80. The minimum absolute atomic E-state index is 0.124. The van der Waals surface area contributed by atoms with Gasteiger partial charge in [-0.2, -0.15) is 0 Å². The Bertz CT molecular complexity index is 928. The number of hydrogen-bond donors (Lipinski definition) is 2. The highest BCUT2D eigenvalue weighted by molar-refractivity contribution is 7.99. The molecule has 0 unspecified atom stereocenters. The van der Waals surface area contributed by atoms with Gasteiger partial charge in [0.2, 0.25) is 5.91 Å². The maximum Gasteiger partial charge on any atom is 0.269 e. The fourth-order valence-corrected chi connectivity index (χ4v) is 3.43. The zero-order valence-electron chi connectivity index (χ0n) is 15.5. The van der Waals surface area contributed by atoms with Crippen LogP contribution in [0.25, 0.3) is 0 Å². The summed E-state index contributed by atoms with van der Waals surface area (Å²) in [6.45, 7) is 2.73. The van der Waals surface area contributed by atoms with Crippen LogP contribution >= 0.6 is 11.8 Å². The van der Waals surface area contributed by atoms with Crippen molar-refractivity contribution in [3.05, 3.63) is 77.6 Å². The van der Waals surface area contributed by atoms with Crippen molar-refractivity contribution in [3.8, 4) is 0 Å². The highest BCUT2D eigenvalue weighted by Gasteiger charge is 2.14. The highest BCUT2D eigenvalue weighted by atomic mass is 32.2. The van der Waals surface area contributed by atoms with Crippen molar-refractivity contribution < 1.29 is 9.59 Å². The van der Waals surface area contributed by atoms with E-state index in [2.05, 4.69) is 21.0 Å². The minimum Gasteiger partial charge on any atom is -0.306 e. The lowest BCUT2D eigenvalue weighted by atomic mass is 10.1. The third-order valence-corrected chi connectivity index (χ3v) is 4.97. The predicted molar refractivity (Wildman–Crippen MR) is 108 cm³/mol. The standard InChI is InChI=1S/C20H21N5O2S/c1-2-25-17(13-15-9-5-3-6-10-15)21-24-20(25)28-14-18(26)22-23-19(27)16-11-7-4-8-12-16/h3-12H,2,13-14H2,1H3,(H,22,26)(H,23,27). The van der Waals surface area contributed by atoms with Crippen LogP contribution in [0.4, 0.5) is 0 Å². The molecule has 0 radical (unpaired) electrons. The first-order valence-corrected chi connectivity index (χ1v) is 9.89. The molecule has 1 aromatic heterocycles. The van der Waals surface area contributed by atoms with E-state index in [1.165, 1.54) is 11.8 Å². The Morgan fingerprint density at radius 3 is 2.32 bits per heavy atom. The topological polar surface area (TPSA) is 88.9 Å². The molecule has 2 amide bonds. The van der Waals surface area contributed by atoms with E-state index in [9.17, 15) is 9.59 Å². The molecule has 2 N–H and O–H groups in total. The zero-order valence-corrected chi connectivity index (χ0v) is 16.3. The molecule has 0 aliphatic rings. The zero-order chi connectivity index (χ0) is 19.8. The number of nitrogens with zero attached hydrogens (tertiary/aromatic N) is 3. The van der Waals surface area contributed by atoms with Gasteiger partial charge in [-0.25, -0.2) is 0 Å². The summed E-state index contributed by atoms with van der Waals surface area (Å²) in [7, 11) is 0. The van der Waals surface area contributed by atoms with Crippen molar-refractivity contribution in [3.63, 3.8) is 0 Å². The number of hydrogen-bond acceptors (Lipinski definition) is 5. The van der Waals surface area contributed by atoms with E-state index in [0.717, 1.165) is 11.4 Å². The normalized spacial score (nSPS) is 10.5. The van der Waals surface area contributed by atoms with Crippen molar-refractivity contribution in [1.29, 1.82) is 0 Å². The lowest BCUT2D eigenvalue weighted by molar-refractivity contribution is -0.119. The number of amides is 2. The highest BCUT2D eigenvalue weighted by Crippen LogP contribution is 2.18. The van der Waals surface area contributed by atoms with Crippen molar-refractivity contribution in [1.82, 2.24) is 25.6 Å². The Labute approximate surface area is 167 Å². The predicted octanol–water partition coefficient (Wildman–Crippen LogP) is 2.44. The summed E-state index contributed by atoms with van der Waals surface area (Å²) < 4.78 is 1.99. The van der Waals surface area contributed by atoms with E-state index in [0.29, 0.717) is 23.7 Å². The van der Waals surface area contributed by atoms with Crippen LogP contribution < -0.4 is 10.9 Å². The van der Waals surface area contributed by atoms with Gasteiger partial charge in [0, 0.05) is 18.5 Å². The SMILES string of the molecule is CCn1c(Cc2ccccc2)nnc1SCC(=O)NNC(=O)c1ccccc1. The molecule has 0 fully saturated rings. The fourth-order valence-electron chi connectivity index (χ4n) is 2.61. The average Bonchev–Trinajstić information content (AvgIpc) is 3.13. The lowest BCUT2D eigenvalue weighted by Gasteiger charge is -2.09. The molecule has 1 heterocycles. The summed E-state index contributed by atoms with van der Waals surface area (Å²) in [5.41, 5.74) is 6.46. The van der Waals surface area contributed by atoms with Gasteiger partial charge in [-0.15, -0.1) is 10.2 Å². The van der Waals surface area contributed by atoms with Crippen LogP contribution in [0, 0.1) is 0 Å². The monoisotopic (exact) mass is 395 g/mol. The van der Waals surface area contributed by atoms with Crippen LogP contribution in [-0.2, 0) is 17.8 Å². The summed E-state index contributed by atoms with van der Waals surface area (Å²) >= 11 is 1.28. The molecule has 144 valence electrons. The van der Waals surface area contributed by atoms with E-state index < -0.39 is 0 Å². The number of aromatic nitrogens is 3. The molecule has 0 spiro atoms. The Hall–Kier alpha value is -3.13. The van der Waals surface area contributed by atoms with Crippen LogP contribution in [0.1, 0.15) is 28.7 Å². The minimum atomic E-state index is -0.360. The van der Waals surface area contributed by atoms with Gasteiger partial charge < -0.3 is 4.57 Å². The Morgan fingerprint density at radius 2 is 1.64 bits per heavy atom. The Morgan fingerprint density at radius 1 is 0.964 bits per heavy atom. The first-order chi connectivity index (χ1) is 13.7. The van der Waals surface area contributed by atoms with Gasteiger partial charge in [-0.3, -0.25) is 20.4 Å². The molecule has 7 nitrogen and oxygen atoms in total. The molecule has 0 aliphatic carbocycles. The quantitative estimate of drug-likeness (QED) is 0.474. The van der Waals surface area contributed by atoms with E-state index in [1.807, 2.05) is 47.9 Å². The molecule has 0 bridgehead atoms. The molecule has 3 aromatic rings. The number of benzene rings is 2. The van der Waals surface area contributed by atoms with Crippen LogP contribution in [-0.4, -0.2) is 32.3 Å². The molecular weight excluding hydrogens is 374 g/mol. The van der Waals surface area contributed by atoms with E-state index >= 15 is 0 Å². The number of thioether (sulfide) groups is 1. The fraction of sp³-hybridized carbons (Fsp3) is 0.200. The van der Waals surface area contributed by atoms with Crippen molar-refractivity contribution in [2.24, 2.45) is 0 Å². The van der Waals surface area contributed by atoms with E-state index in [-0.39, 0.29) is 17.6 Å². The largest absolute Gasteiger partial charge is 0.306 e. The molecule has 3 rings (SSSR count). The summed E-state index contributed by atoms with van der Waals surface area (Å²) in [5, 5.41) is 9.15. The average molecular weight is 395 g/mol.